The average Bonchev–Trinajstić information content (AvgIpc) is 3.00. The molecule has 0 aliphatic carbocycles. The van der Waals surface area contributed by atoms with Crippen LogP contribution in [0.5, 0.6) is 11.5 Å². The van der Waals surface area contributed by atoms with Crippen LogP contribution < -0.4 is 14.9 Å². The molecule has 0 unspecified atom stereocenters. The van der Waals surface area contributed by atoms with Crippen LogP contribution in [0.3, 0.4) is 0 Å². The summed E-state index contributed by atoms with van der Waals surface area (Å²) < 4.78 is 17.7. The van der Waals surface area contributed by atoms with Gasteiger partial charge in [-0.2, -0.15) is 0 Å². The highest BCUT2D eigenvalue weighted by Crippen LogP contribution is 2.35. The van der Waals surface area contributed by atoms with Crippen LogP contribution in [0.15, 0.2) is 23.1 Å². The van der Waals surface area contributed by atoms with Crippen molar-refractivity contribution in [2.24, 2.45) is 0 Å². The summed E-state index contributed by atoms with van der Waals surface area (Å²) in [5, 5.41) is 0.420. The summed E-state index contributed by atoms with van der Waals surface area (Å²) in [4.78, 5) is 26.9. The second kappa shape index (κ2) is 7.76. The molecule has 0 atom stereocenters. The summed E-state index contributed by atoms with van der Waals surface area (Å²) in [6.45, 7) is 3.51. The fourth-order valence-electron chi connectivity index (χ4n) is 2.59. The number of ether oxygens (including phenoxy) is 3. The molecule has 1 aromatic carbocycles. The highest BCUT2D eigenvalue weighted by molar-refractivity contribution is 5.94. The van der Waals surface area contributed by atoms with Gasteiger partial charge in [-0.25, -0.2) is 4.79 Å². The number of rotatable bonds is 5. The van der Waals surface area contributed by atoms with Crippen LogP contribution >= 0.6 is 12.4 Å². The van der Waals surface area contributed by atoms with Crippen LogP contribution in [0.4, 0.5) is 0 Å². The van der Waals surface area contributed by atoms with E-state index in [9.17, 15) is 9.59 Å². The molecule has 2 heterocycles. The first-order chi connectivity index (χ1) is 11.5. The average molecular weight is 369 g/mol. The predicted octanol–water partition coefficient (Wildman–Crippen LogP) is 1.89. The highest BCUT2D eigenvalue weighted by Gasteiger charge is 2.21. The number of halogens is 1. The molecule has 7 nitrogen and oxygen atoms in total. The predicted molar refractivity (Wildman–Crippen MR) is 96.1 cm³/mol. The van der Waals surface area contributed by atoms with E-state index in [0.29, 0.717) is 35.5 Å². The Labute approximate surface area is 151 Å². The molecule has 1 aliphatic heterocycles. The fourth-order valence-corrected chi connectivity index (χ4v) is 2.59. The number of fused-ring (bicyclic) bond motifs is 2. The van der Waals surface area contributed by atoms with Gasteiger partial charge in [-0.15, -0.1) is 12.4 Å². The monoisotopic (exact) mass is 368 g/mol. The standard InChI is InChI=1S/C17H20N2O5.ClH/c1-4-19-9-12(17(21)22-6-5-18(2)3)16(20)11-7-14-15(8-13(11)19)24-10-23-14;/h7-9H,4-6,10H2,1-3H3;1H. The van der Waals surface area contributed by atoms with E-state index < -0.39 is 5.97 Å². The van der Waals surface area contributed by atoms with Crippen LogP contribution in [0.1, 0.15) is 17.3 Å². The molecular formula is C17H21ClN2O5. The molecule has 0 spiro atoms. The molecule has 8 heteroatoms. The zero-order valence-electron chi connectivity index (χ0n) is 14.4. The Morgan fingerprint density at radius 1 is 1.28 bits per heavy atom. The van der Waals surface area contributed by atoms with E-state index in [1.807, 2.05) is 30.5 Å². The molecule has 0 N–H and O–H groups in total. The minimum atomic E-state index is -0.608. The van der Waals surface area contributed by atoms with Gasteiger partial charge in [-0.05, 0) is 27.1 Å². The lowest BCUT2D eigenvalue weighted by Gasteiger charge is -2.13. The maximum Gasteiger partial charge on any atom is 0.343 e. The second-order valence-electron chi connectivity index (χ2n) is 5.82. The van der Waals surface area contributed by atoms with Gasteiger partial charge in [0.05, 0.1) is 10.9 Å². The molecule has 0 saturated carbocycles. The normalized spacial score (nSPS) is 12.3. The first-order valence-electron chi connectivity index (χ1n) is 7.80. The Bertz CT molecular complexity index is 847. The molecule has 0 amide bonds. The van der Waals surface area contributed by atoms with E-state index in [1.54, 1.807) is 18.3 Å². The molecule has 136 valence electrons. The first-order valence-corrected chi connectivity index (χ1v) is 7.80. The minimum Gasteiger partial charge on any atom is -0.461 e. The van der Waals surface area contributed by atoms with Crippen LogP contribution in [0, 0.1) is 0 Å². The van der Waals surface area contributed by atoms with Crippen LogP contribution in [-0.2, 0) is 11.3 Å². The van der Waals surface area contributed by atoms with Crippen molar-refractivity contribution in [1.82, 2.24) is 9.47 Å². The van der Waals surface area contributed by atoms with Crippen molar-refractivity contribution in [3.63, 3.8) is 0 Å². The summed E-state index contributed by atoms with van der Waals surface area (Å²) >= 11 is 0. The lowest BCUT2D eigenvalue weighted by atomic mass is 10.1. The van der Waals surface area contributed by atoms with E-state index in [4.69, 9.17) is 14.2 Å². The molecular weight excluding hydrogens is 348 g/mol. The molecule has 0 fully saturated rings. The number of benzene rings is 1. The van der Waals surface area contributed by atoms with Crippen LogP contribution in [0.2, 0.25) is 0 Å². The Balaban J connectivity index is 0.00000225. The maximum absolute atomic E-state index is 12.7. The number of carbonyl (C=O) groups excluding carboxylic acids is 1. The Hall–Kier alpha value is -2.25. The maximum atomic E-state index is 12.7. The number of aromatic nitrogens is 1. The van der Waals surface area contributed by atoms with Crippen molar-refractivity contribution in [3.05, 3.63) is 34.1 Å². The number of esters is 1. The molecule has 2 aromatic rings. The lowest BCUT2D eigenvalue weighted by molar-refractivity contribution is 0.0479. The quantitative estimate of drug-likeness (QED) is 0.751. The van der Waals surface area contributed by atoms with E-state index >= 15 is 0 Å². The Morgan fingerprint density at radius 2 is 1.96 bits per heavy atom. The van der Waals surface area contributed by atoms with Gasteiger partial charge in [0.2, 0.25) is 12.2 Å². The van der Waals surface area contributed by atoms with Gasteiger partial charge >= 0.3 is 5.97 Å². The van der Waals surface area contributed by atoms with Gasteiger partial charge in [-0.1, -0.05) is 0 Å². The van der Waals surface area contributed by atoms with E-state index in [-0.39, 0.29) is 36.8 Å². The van der Waals surface area contributed by atoms with Crippen LogP contribution in [-0.4, -0.2) is 49.5 Å². The number of hydrogen-bond donors (Lipinski definition) is 0. The zero-order valence-corrected chi connectivity index (χ0v) is 15.2. The minimum absolute atomic E-state index is 0. The zero-order chi connectivity index (χ0) is 17.3. The molecule has 1 aromatic heterocycles. The summed E-state index contributed by atoms with van der Waals surface area (Å²) in [7, 11) is 3.77. The number of carbonyl (C=O) groups is 1. The van der Waals surface area contributed by atoms with Crippen LogP contribution in [0.25, 0.3) is 10.9 Å². The second-order valence-corrected chi connectivity index (χ2v) is 5.82. The van der Waals surface area contributed by atoms with E-state index in [2.05, 4.69) is 0 Å². The van der Waals surface area contributed by atoms with E-state index in [1.165, 1.54) is 0 Å². The van der Waals surface area contributed by atoms with Crippen molar-refractivity contribution in [2.45, 2.75) is 13.5 Å². The number of pyridine rings is 1. The van der Waals surface area contributed by atoms with Crippen molar-refractivity contribution in [3.8, 4) is 11.5 Å². The topological polar surface area (TPSA) is 70.0 Å². The number of nitrogens with zero attached hydrogens (tertiary/aromatic N) is 2. The summed E-state index contributed by atoms with van der Waals surface area (Å²) in [6, 6.07) is 3.40. The molecule has 0 bridgehead atoms. The summed E-state index contributed by atoms with van der Waals surface area (Å²) in [6.07, 6.45) is 1.55. The van der Waals surface area contributed by atoms with Gasteiger partial charge in [-0.3, -0.25) is 4.79 Å². The van der Waals surface area contributed by atoms with Gasteiger partial charge in [0, 0.05) is 25.4 Å². The largest absolute Gasteiger partial charge is 0.461 e. The molecule has 0 saturated heterocycles. The number of aryl methyl sites for hydroxylation is 1. The highest BCUT2D eigenvalue weighted by atomic mass is 35.5. The van der Waals surface area contributed by atoms with Gasteiger partial charge < -0.3 is 23.7 Å². The lowest BCUT2D eigenvalue weighted by Crippen LogP contribution is -2.24. The van der Waals surface area contributed by atoms with Crippen molar-refractivity contribution in [2.75, 3.05) is 34.0 Å². The van der Waals surface area contributed by atoms with Gasteiger partial charge in [0.25, 0.3) is 0 Å². The SMILES string of the molecule is CCn1cc(C(=O)OCCN(C)C)c(=O)c2cc3c(cc21)OCO3.Cl. The number of hydrogen-bond acceptors (Lipinski definition) is 6. The van der Waals surface area contributed by atoms with Crippen molar-refractivity contribution in [1.29, 1.82) is 0 Å². The first kappa shape index (κ1) is 19.1. The summed E-state index contributed by atoms with van der Waals surface area (Å²) in [5.74, 6) is 0.509. The van der Waals surface area contributed by atoms with Crippen molar-refractivity contribution >= 4 is 29.3 Å². The molecule has 25 heavy (non-hydrogen) atoms. The number of likely N-dealkylation sites (N-methyl/N-ethyl adjacent to an activating group) is 1. The third kappa shape index (κ3) is 3.72. The van der Waals surface area contributed by atoms with E-state index in [0.717, 1.165) is 0 Å². The third-order valence-corrected chi connectivity index (χ3v) is 3.91. The third-order valence-electron chi connectivity index (χ3n) is 3.91. The Kier molecular flexibility index (Phi) is 5.92. The van der Waals surface area contributed by atoms with Gasteiger partial charge in [0.1, 0.15) is 12.2 Å². The molecule has 0 radical (unpaired) electrons. The molecule has 1 aliphatic rings. The van der Waals surface area contributed by atoms with Crippen molar-refractivity contribution < 1.29 is 19.0 Å². The molecule has 3 rings (SSSR count). The van der Waals surface area contributed by atoms with Gasteiger partial charge in [0.15, 0.2) is 11.5 Å². The summed E-state index contributed by atoms with van der Waals surface area (Å²) in [5.41, 5.74) is 0.376. The Morgan fingerprint density at radius 3 is 2.60 bits per heavy atom. The smallest absolute Gasteiger partial charge is 0.343 e. The fraction of sp³-hybridized carbons (Fsp3) is 0.412.